The van der Waals surface area contributed by atoms with Crippen molar-refractivity contribution in [1.82, 2.24) is 4.98 Å². The van der Waals surface area contributed by atoms with E-state index in [1.54, 1.807) is 24.5 Å². The molecule has 13 nitrogen and oxygen atoms in total. The number of pyridine rings is 1. The molecule has 0 aromatic carbocycles. The Morgan fingerprint density at radius 3 is 2.34 bits per heavy atom. The summed E-state index contributed by atoms with van der Waals surface area (Å²) in [5.41, 5.74) is 0.709. The van der Waals surface area contributed by atoms with Crippen LogP contribution in [0.5, 0.6) is 0 Å². The molecule has 1 aromatic rings. The van der Waals surface area contributed by atoms with Crippen molar-refractivity contribution in [3.8, 4) is 0 Å². The molecule has 0 spiro atoms. The van der Waals surface area contributed by atoms with Gasteiger partial charge < -0.3 is 18.9 Å². The summed E-state index contributed by atoms with van der Waals surface area (Å²) in [6, 6.07) is 3.43. The van der Waals surface area contributed by atoms with Crippen LogP contribution in [0, 0.1) is 0 Å². The minimum atomic E-state index is -5.04. The van der Waals surface area contributed by atoms with Crippen molar-refractivity contribution in [3.05, 3.63) is 42.7 Å². The third-order valence-electron chi connectivity index (χ3n) is 3.97. The number of hydrogen-bond acceptors (Lipinski definition) is 11. The van der Waals surface area contributed by atoms with E-state index < -0.39 is 51.5 Å². The van der Waals surface area contributed by atoms with Crippen molar-refractivity contribution in [1.29, 1.82) is 0 Å². The van der Waals surface area contributed by atoms with E-state index in [1.807, 2.05) is 0 Å². The first-order valence-electron chi connectivity index (χ1n) is 8.73. The summed E-state index contributed by atoms with van der Waals surface area (Å²) in [6.07, 6.45) is -3.08. The van der Waals surface area contributed by atoms with Gasteiger partial charge in [-0.15, -0.1) is 6.58 Å². The zero-order valence-corrected chi connectivity index (χ0v) is 21.0. The molecule has 2 heterocycles. The molecule has 32 heavy (non-hydrogen) atoms. The number of nitrogens with zero attached hydrogens (tertiary/aromatic N) is 1. The van der Waals surface area contributed by atoms with Crippen LogP contribution >= 0.6 is 0 Å². The fourth-order valence-corrected chi connectivity index (χ4v) is 3.84. The van der Waals surface area contributed by atoms with Crippen LogP contribution in [0.25, 0.3) is 0 Å². The Bertz CT molecular complexity index is 914. The molecule has 1 aliphatic heterocycles. The van der Waals surface area contributed by atoms with Crippen molar-refractivity contribution in [3.63, 3.8) is 0 Å². The molecule has 0 radical (unpaired) electrons. The fourth-order valence-electron chi connectivity index (χ4n) is 2.85. The second-order valence-corrected chi connectivity index (χ2v) is 8.31. The minimum Gasteiger partial charge on any atom is -0.374 e. The maximum absolute atomic E-state index is 11.4. The molecule has 1 fully saturated rings. The summed E-state index contributed by atoms with van der Waals surface area (Å²) in [5, 5.41) is 0. The van der Waals surface area contributed by atoms with Gasteiger partial charge in [-0.25, -0.2) is 8.37 Å². The maximum atomic E-state index is 11.4. The first-order valence-corrected chi connectivity index (χ1v) is 11.5. The van der Waals surface area contributed by atoms with Crippen LogP contribution in [0.15, 0.2) is 37.2 Å². The van der Waals surface area contributed by atoms with Crippen molar-refractivity contribution in [2.24, 2.45) is 0 Å². The van der Waals surface area contributed by atoms with Gasteiger partial charge in [0, 0.05) is 19.5 Å². The van der Waals surface area contributed by atoms with Crippen LogP contribution in [0.2, 0.25) is 0 Å². The van der Waals surface area contributed by atoms with Gasteiger partial charge in [-0.05, 0) is 11.6 Å². The topological polar surface area (TPSA) is 177 Å². The summed E-state index contributed by atoms with van der Waals surface area (Å²) >= 11 is 0. The van der Waals surface area contributed by atoms with E-state index in [1.165, 1.54) is 6.08 Å². The molecule has 2 N–H and O–H groups in total. The molecule has 0 unspecified atom stereocenters. The molecule has 1 saturated heterocycles. The van der Waals surface area contributed by atoms with Gasteiger partial charge in [0.1, 0.15) is 18.3 Å². The van der Waals surface area contributed by atoms with Crippen LogP contribution < -0.4 is 29.6 Å². The summed E-state index contributed by atoms with van der Waals surface area (Å²) in [5.74, 6) is 0. The fraction of sp³-hybridized carbons (Fsp3) is 0.562. The zero-order chi connectivity index (χ0) is 23.1. The summed E-state index contributed by atoms with van der Waals surface area (Å²) in [4.78, 5) is 3.93. The Hall–Kier alpha value is -0.530. The first-order chi connectivity index (χ1) is 14.5. The Morgan fingerprint density at radius 2 is 1.81 bits per heavy atom. The van der Waals surface area contributed by atoms with E-state index in [0.29, 0.717) is 5.56 Å². The van der Waals surface area contributed by atoms with E-state index in [4.69, 9.17) is 23.5 Å². The monoisotopic (exact) mass is 508 g/mol. The quantitative estimate of drug-likeness (QED) is 0.165. The molecule has 1 aliphatic rings. The molecule has 0 aliphatic carbocycles. The molecule has 0 saturated carbocycles. The molecular formula is C16H23NNaO12S2+. The predicted octanol–water partition coefficient (Wildman–Crippen LogP) is -3.08. The number of hydrogen-bond donors (Lipinski definition) is 2. The standard InChI is InChI=1S/C16H23NO12S2.Na/c1-3-7-26-14-13(28-30(18,19)20)12(10-25-9-11-5-4-6-17-8-11)27-16(24-2)15(14)29-31(21,22)23;/h3-6,8,12-16H,1,7,9-10H2,2H3,(H,18,19,20)(H,21,22,23);/q;+1/t12-,13-,14+,15+,16+;/m1./s1. The molecule has 2 rings (SSSR count). The Balaban J connectivity index is 0.00000512. The van der Waals surface area contributed by atoms with Gasteiger partial charge >= 0.3 is 50.4 Å². The number of ether oxygens (including phenoxy) is 4. The van der Waals surface area contributed by atoms with Crippen LogP contribution in [-0.4, -0.2) is 82.0 Å². The molecule has 5 atom stereocenters. The Morgan fingerprint density at radius 1 is 1.16 bits per heavy atom. The van der Waals surface area contributed by atoms with E-state index in [2.05, 4.69) is 19.9 Å². The van der Waals surface area contributed by atoms with Gasteiger partial charge in [-0.1, -0.05) is 12.1 Å². The Kier molecular flexibility index (Phi) is 12.3. The Labute approximate surface area is 208 Å². The second-order valence-electron chi connectivity index (χ2n) is 6.22. The van der Waals surface area contributed by atoms with E-state index in [0.717, 1.165) is 7.11 Å². The van der Waals surface area contributed by atoms with Gasteiger partial charge in [0.25, 0.3) is 0 Å². The van der Waals surface area contributed by atoms with Gasteiger partial charge in [0.05, 0.1) is 19.8 Å². The molecule has 0 amide bonds. The molecule has 16 heteroatoms. The average Bonchev–Trinajstić information content (AvgIpc) is 2.67. The van der Waals surface area contributed by atoms with Crippen molar-refractivity contribution >= 4 is 20.8 Å². The van der Waals surface area contributed by atoms with Gasteiger partial charge in [0.2, 0.25) is 0 Å². The zero-order valence-electron chi connectivity index (χ0n) is 17.3. The largest absolute Gasteiger partial charge is 1.00 e. The minimum absolute atomic E-state index is 0. The third-order valence-corrected chi connectivity index (χ3v) is 4.90. The molecular weight excluding hydrogens is 485 g/mol. The number of aromatic nitrogens is 1. The van der Waals surface area contributed by atoms with Gasteiger partial charge in [-0.3, -0.25) is 14.1 Å². The summed E-state index contributed by atoms with van der Waals surface area (Å²) < 4.78 is 94.5. The number of methoxy groups -OCH3 is 1. The summed E-state index contributed by atoms with van der Waals surface area (Å²) in [6.45, 7) is 3.06. The van der Waals surface area contributed by atoms with Crippen molar-refractivity contribution < 1.29 is 82.8 Å². The molecule has 1 aromatic heterocycles. The van der Waals surface area contributed by atoms with Crippen LogP contribution in [0.1, 0.15) is 5.56 Å². The molecule has 176 valence electrons. The summed E-state index contributed by atoms with van der Waals surface area (Å²) in [7, 11) is -8.92. The first kappa shape index (κ1) is 29.5. The predicted molar refractivity (Wildman–Crippen MR) is 102 cm³/mol. The van der Waals surface area contributed by atoms with Gasteiger partial charge in [0.15, 0.2) is 12.4 Å². The van der Waals surface area contributed by atoms with E-state index in [-0.39, 0.29) is 49.4 Å². The van der Waals surface area contributed by atoms with E-state index in [9.17, 15) is 21.4 Å². The van der Waals surface area contributed by atoms with Crippen molar-refractivity contribution in [2.75, 3.05) is 20.3 Å². The van der Waals surface area contributed by atoms with Crippen molar-refractivity contribution in [2.45, 2.75) is 37.3 Å². The van der Waals surface area contributed by atoms with Crippen LogP contribution in [0.4, 0.5) is 0 Å². The maximum Gasteiger partial charge on any atom is 1.00 e. The van der Waals surface area contributed by atoms with E-state index >= 15 is 0 Å². The number of rotatable bonds is 12. The van der Waals surface area contributed by atoms with Gasteiger partial charge in [-0.2, -0.15) is 16.8 Å². The normalized spacial score (nSPS) is 26.3. The molecule has 0 bridgehead atoms. The second kappa shape index (κ2) is 13.4. The third kappa shape index (κ3) is 9.76. The van der Waals surface area contributed by atoms with Crippen LogP contribution in [-0.2, 0) is 54.7 Å². The SMILES string of the molecule is C=CCO[C@@H]1[C@H](OS(=O)(=O)O)[C@@H](OC)O[C@H](COCc2cccnc2)[C@H]1OS(=O)(=O)O.[Na+]. The van der Waals surface area contributed by atoms with Crippen LogP contribution in [0.3, 0.4) is 0 Å². The average molecular weight is 508 g/mol. The smallest absolute Gasteiger partial charge is 0.374 e.